The van der Waals surface area contributed by atoms with E-state index in [2.05, 4.69) is 0 Å². The lowest BCUT2D eigenvalue weighted by atomic mass is 10.2. The molecule has 2 aromatic rings. The number of hydrogen-bond acceptors (Lipinski definition) is 4. The number of sulfonamides is 1. The fourth-order valence-electron chi connectivity index (χ4n) is 2.19. The van der Waals surface area contributed by atoms with Crippen molar-refractivity contribution in [3.63, 3.8) is 0 Å². The lowest BCUT2D eigenvalue weighted by molar-refractivity contribution is 0.0992. The highest BCUT2D eigenvalue weighted by atomic mass is 35.5. The first-order valence-corrected chi connectivity index (χ1v) is 9.63. The van der Waals surface area contributed by atoms with Gasteiger partial charge < -0.3 is 0 Å². The summed E-state index contributed by atoms with van der Waals surface area (Å²) in [5, 5.41) is 5.83. The van der Waals surface area contributed by atoms with E-state index in [1.165, 1.54) is 34.9 Å². The molecule has 2 aromatic carbocycles. The van der Waals surface area contributed by atoms with Crippen LogP contribution in [0.3, 0.4) is 0 Å². The topological polar surface area (TPSA) is 80.5 Å². The number of primary sulfonamides is 1. The Labute approximate surface area is 147 Å². The molecular formula is C14H10Cl2N2O3S2. The number of amides is 1. The number of benzene rings is 2. The summed E-state index contributed by atoms with van der Waals surface area (Å²) in [5.74, 6) is 0.0857. The van der Waals surface area contributed by atoms with Crippen molar-refractivity contribution in [3.05, 3.63) is 52.0 Å². The van der Waals surface area contributed by atoms with Crippen molar-refractivity contribution in [3.8, 4) is 0 Å². The number of nitrogens with two attached hydrogens (primary N) is 1. The zero-order valence-corrected chi connectivity index (χ0v) is 14.6. The zero-order chi connectivity index (χ0) is 16.8. The maximum Gasteiger partial charge on any atom is 0.260 e. The molecule has 0 atom stereocenters. The molecular weight excluding hydrogens is 379 g/mol. The van der Waals surface area contributed by atoms with Gasteiger partial charge in [-0.1, -0.05) is 23.2 Å². The minimum absolute atomic E-state index is 0.0163. The number of anilines is 1. The van der Waals surface area contributed by atoms with Gasteiger partial charge in [0.2, 0.25) is 10.0 Å². The van der Waals surface area contributed by atoms with Crippen LogP contribution in [0.4, 0.5) is 5.69 Å². The number of thioether (sulfide) groups is 1. The molecule has 1 aliphatic heterocycles. The Morgan fingerprint density at radius 3 is 2.57 bits per heavy atom. The average molecular weight is 389 g/mol. The molecule has 1 amide bonds. The van der Waals surface area contributed by atoms with Gasteiger partial charge in [0.15, 0.2) is 0 Å². The van der Waals surface area contributed by atoms with E-state index in [-0.39, 0.29) is 15.8 Å². The van der Waals surface area contributed by atoms with Crippen LogP contribution in [-0.2, 0) is 10.0 Å². The number of nitrogens with zero attached hydrogens (tertiary/aromatic N) is 1. The van der Waals surface area contributed by atoms with Crippen LogP contribution in [0.15, 0.2) is 46.2 Å². The summed E-state index contributed by atoms with van der Waals surface area (Å²) >= 11 is 13.3. The number of rotatable bonds is 2. The van der Waals surface area contributed by atoms with Gasteiger partial charge in [-0.05, 0) is 36.4 Å². The Morgan fingerprint density at radius 1 is 1.17 bits per heavy atom. The number of halogens is 2. The molecule has 1 heterocycles. The average Bonchev–Trinajstić information content (AvgIpc) is 2.88. The molecule has 120 valence electrons. The van der Waals surface area contributed by atoms with Gasteiger partial charge >= 0.3 is 0 Å². The molecule has 3 rings (SSSR count). The van der Waals surface area contributed by atoms with E-state index in [1.54, 1.807) is 18.2 Å². The predicted molar refractivity (Wildman–Crippen MR) is 91.8 cm³/mol. The quantitative estimate of drug-likeness (QED) is 0.854. The van der Waals surface area contributed by atoms with Gasteiger partial charge in [0.05, 0.1) is 27.0 Å². The third-order valence-corrected chi connectivity index (χ3v) is 5.79. The van der Waals surface area contributed by atoms with Crippen molar-refractivity contribution in [2.75, 3.05) is 10.8 Å². The first-order valence-electron chi connectivity index (χ1n) is 6.34. The third-order valence-electron chi connectivity index (χ3n) is 3.31. The van der Waals surface area contributed by atoms with Gasteiger partial charge in [-0.25, -0.2) is 13.6 Å². The highest BCUT2D eigenvalue weighted by Crippen LogP contribution is 2.40. The number of carbonyl (C=O) groups excluding carboxylic acids is 1. The molecule has 23 heavy (non-hydrogen) atoms. The lowest BCUT2D eigenvalue weighted by Gasteiger charge is -2.17. The monoisotopic (exact) mass is 388 g/mol. The van der Waals surface area contributed by atoms with Crippen molar-refractivity contribution in [1.29, 1.82) is 0 Å². The van der Waals surface area contributed by atoms with Crippen molar-refractivity contribution in [2.24, 2.45) is 5.14 Å². The van der Waals surface area contributed by atoms with Gasteiger partial charge in [-0.2, -0.15) is 0 Å². The van der Waals surface area contributed by atoms with Crippen molar-refractivity contribution in [1.82, 2.24) is 0 Å². The van der Waals surface area contributed by atoms with E-state index in [9.17, 15) is 13.2 Å². The van der Waals surface area contributed by atoms with Gasteiger partial charge in [0.25, 0.3) is 5.91 Å². The van der Waals surface area contributed by atoms with Crippen molar-refractivity contribution in [2.45, 2.75) is 9.79 Å². The zero-order valence-electron chi connectivity index (χ0n) is 11.5. The summed E-state index contributed by atoms with van der Waals surface area (Å²) in [5.41, 5.74) is 0.957. The molecule has 0 unspecified atom stereocenters. The molecule has 5 nitrogen and oxygen atoms in total. The highest BCUT2D eigenvalue weighted by Gasteiger charge is 2.28. The van der Waals surface area contributed by atoms with Crippen LogP contribution in [0.5, 0.6) is 0 Å². The summed E-state index contributed by atoms with van der Waals surface area (Å²) in [6.45, 7) is 0. The SMILES string of the molecule is NS(=O)(=O)c1ccc2c(c1)SCN2C(=O)c1ccc(Cl)cc1Cl. The largest absolute Gasteiger partial charge is 0.297 e. The molecule has 0 radical (unpaired) electrons. The molecule has 1 aliphatic rings. The van der Waals surface area contributed by atoms with Crippen LogP contribution in [-0.4, -0.2) is 20.2 Å². The highest BCUT2D eigenvalue weighted by molar-refractivity contribution is 8.00. The van der Waals surface area contributed by atoms with Crippen LogP contribution in [0.25, 0.3) is 0 Å². The van der Waals surface area contributed by atoms with Crippen LogP contribution >= 0.6 is 35.0 Å². The second-order valence-corrected chi connectivity index (χ2v) is 8.20. The van der Waals surface area contributed by atoms with E-state index >= 15 is 0 Å². The Hall–Kier alpha value is -1.25. The minimum atomic E-state index is -3.78. The summed E-state index contributed by atoms with van der Waals surface area (Å²) in [4.78, 5) is 14.9. The molecule has 2 N–H and O–H groups in total. The third kappa shape index (κ3) is 3.20. The van der Waals surface area contributed by atoms with E-state index in [4.69, 9.17) is 28.3 Å². The molecule has 0 fully saturated rings. The molecule has 0 bridgehead atoms. The fraction of sp³-hybridized carbons (Fsp3) is 0.0714. The summed E-state index contributed by atoms with van der Waals surface area (Å²) < 4.78 is 22.8. The van der Waals surface area contributed by atoms with Gasteiger partial charge in [-0.3, -0.25) is 9.69 Å². The van der Waals surface area contributed by atoms with E-state index in [0.717, 1.165) is 0 Å². The Kier molecular flexibility index (Phi) is 4.33. The molecule has 9 heteroatoms. The van der Waals surface area contributed by atoms with Gasteiger partial charge in [0, 0.05) is 9.92 Å². The molecule has 0 saturated carbocycles. The lowest BCUT2D eigenvalue weighted by Crippen LogP contribution is -2.28. The normalized spacial score (nSPS) is 14.0. The van der Waals surface area contributed by atoms with Crippen LogP contribution in [0.1, 0.15) is 10.4 Å². The van der Waals surface area contributed by atoms with Crippen molar-refractivity contribution >= 4 is 56.6 Å². The Morgan fingerprint density at radius 2 is 1.91 bits per heavy atom. The Balaban J connectivity index is 1.98. The summed E-state index contributed by atoms with van der Waals surface area (Å²) in [6.07, 6.45) is 0. The van der Waals surface area contributed by atoms with E-state index in [1.807, 2.05) is 0 Å². The second kappa shape index (κ2) is 5.99. The fourth-order valence-corrected chi connectivity index (χ4v) is 4.35. The first-order chi connectivity index (χ1) is 10.8. The standard InChI is InChI=1S/C14H10Cl2N2O3S2/c15-8-1-3-10(11(16)5-8)14(19)18-7-22-13-6-9(23(17,20)21)2-4-12(13)18/h1-6H,7H2,(H2,17,20,21). The number of fused-ring (bicyclic) bond motifs is 1. The summed E-state index contributed by atoms with van der Waals surface area (Å²) in [7, 11) is -3.78. The molecule has 0 saturated heterocycles. The first kappa shape index (κ1) is 16.6. The van der Waals surface area contributed by atoms with Crippen LogP contribution in [0.2, 0.25) is 10.0 Å². The van der Waals surface area contributed by atoms with E-state index < -0.39 is 10.0 Å². The van der Waals surface area contributed by atoms with Gasteiger partial charge in [0.1, 0.15) is 0 Å². The number of carbonyl (C=O) groups is 1. The molecule has 0 aliphatic carbocycles. The summed E-state index contributed by atoms with van der Waals surface area (Å²) in [6, 6.07) is 9.07. The predicted octanol–water partition coefficient (Wildman–Crippen LogP) is 3.35. The van der Waals surface area contributed by atoms with E-state index in [0.29, 0.717) is 27.0 Å². The molecule has 0 spiro atoms. The maximum absolute atomic E-state index is 12.7. The van der Waals surface area contributed by atoms with Crippen LogP contribution < -0.4 is 10.0 Å². The van der Waals surface area contributed by atoms with Gasteiger partial charge in [-0.15, -0.1) is 11.8 Å². The minimum Gasteiger partial charge on any atom is -0.297 e. The Bertz CT molecular complexity index is 916. The molecule has 0 aromatic heterocycles. The second-order valence-electron chi connectivity index (χ2n) is 4.81. The number of hydrogen-bond donors (Lipinski definition) is 1. The van der Waals surface area contributed by atoms with Crippen LogP contribution in [0, 0.1) is 0 Å². The smallest absolute Gasteiger partial charge is 0.260 e. The maximum atomic E-state index is 12.7. The van der Waals surface area contributed by atoms with Crippen molar-refractivity contribution < 1.29 is 13.2 Å².